The first kappa shape index (κ1) is 14.6. The number of rotatable bonds is 5. The number of hydrogen-bond acceptors (Lipinski definition) is 4. The minimum absolute atomic E-state index is 0.388. The molecule has 0 bridgehead atoms. The molecule has 1 heterocycles. The lowest BCUT2D eigenvalue weighted by Crippen LogP contribution is -2.34. The van der Waals surface area contributed by atoms with E-state index in [0.29, 0.717) is 11.3 Å². The number of H-pyrrole nitrogens is 1. The first-order valence-electron chi connectivity index (χ1n) is 7.64. The fraction of sp³-hybridized carbons (Fsp3) is 0.500. The molecule has 2 aromatic rings. The standard InChI is InChI=1S/C16H22N4S/c1-3-10-17-15-13-7-5-4-6-12(13)8-9-14(15)21-16-18-11(2)19-20-16/h4-7,14-15,17H,3,8-10H2,1-2H3,(H,18,19,20). The Hall–Kier alpha value is -1.33. The van der Waals surface area contributed by atoms with Crippen molar-refractivity contribution in [3.8, 4) is 0 Å². The summed E-state index contributed by atoms with van der Waals surface area (Å²) in [6.45, 7) is 5.20. The smallest absolute Gasteiger partial charge is 0.208 e. The normalized spacial score (nSPS) is 21.2. The molecule has 5 heteroatoms. The third-order valence-corrected chi connectivity index (χ3v) is 5.11. The minimum Gasteiger partial charge on any atom is -0.309 e. The van der Waals surface area contributed by atoms with Crippen molar-refractivity contribution >= 4 is 11.8 Å². The Morgan fingerprint density at radius 1 is 1.38 bits per heavy atom. The quantitative estimate of drug-likeness (QED) is 0.890. The lowest BCUT2D eigenvalue weighted by atomic mass is 9.87. The Bertz CT molecular complexity index is 595. The van der Waals surface area contributed by atoms with Gasteiger partial charge in [-0.2, -0.15) is 0 Å². The monoisotopic (exact) mass is 302 g/mol. The van der Waals surface area contributed by atoms with Gasteiger partial charge in [-0.1, -0.05) is 43.0 Å². The van der Waals surface area contributed by atoms with Crippen LogP contribution in [0, 0.1) is 6.92 Å². The van der Waals surface area contributed by atoms with Crippen molar-refractivity contribution in [2.45, 2.75) is 49.6 Å². The van der Waals surface area contributed by atoms with Gasteiger partial charge in [-0.25, -0.2) is 4.98 Å². The summed E-state index contributed by atoms with van der Waals surface area (Å²) in [6.07, 6.45) is 3.45. The third kappa shape index (κ3) is 3.30. The summed E-state index contributed by atoms with van der Waals surface area (Å²) >= 11 is 1.79. The van der Waals surface area contributed by atoms with Crippen molar-refractivity contribution < 1.29 is 0 Å². The molecule has 0 spiro atoms. The maximum atomic E-state index is 4.44. The third-order valence-electron chi connectivity index (χ3n) is 3.91. The second-order valence-electron chi connectivity index (χ2n) is 5.53. The zero-order valence-electron chi connectivity index (χ0n) is 12.6. The van der Waals surface area contributed by atoms with Crippen LogP contribution in [0.2, 0.25) is 0 Å². The molecular weight excluding hydrogens is 280 g/mol. The maximum absolute atomic E-state index is 4.44. The van der Waals surface area contributed by atoms with Gasteiger partial charge < -0.3 is 5.32 Å². The van der Waals surface area contributed by atoms with Crippen LogP contribution in [0.5, 0.6) is 0 Å². The van der Waals surface area contributed by atoms with Crippen LogP contribution in [0.4, 0.5) is 0 Å². The zero-order chi connectivity index (χ0) is 14.7. The van der Waals surface area contributed by atoms with Gasteiger partial charge in [0.1, 0.15) is 5.82 Å². The number of nitrogens with zero attached hydrogens (tertiary/aromatic N) is 2. The van der Waals surface area contributed by atoms with Crippen molar-refractivity contribution in [2.75, 3.05) is 6.54 Å². The van der Waals surface area contributed by atoms with Gasteiger partial charge in [0.2, 0.25) is 5.16 Å². The van der Waals surface area contributed by atoms with Crippen molar-refractivity contribution in [1.82, 2.24) is 20.5 Å². The largest absolute Gasteiger partial charge is 0.309 e. The Morgan fingerprint density at radius 2 is 2.24 bits per heavy atom. The lowest BCUT2D eigenvalue weighted by Gasteiger charge is -2.33. The van der Waals surface area contributed by atoms with Crippen LogP contribution in [-0.2, 0) is 6.42 Å². The lowest BCUT2D eigenvalue weighted by molar-refractivity contribution is 0.471. The molecule has 0 saturated carbocycles. The van der Waals surface area contributed by atoms with E-state index in [1.54, 1.807) is 11.8 Å². The van der Waals surface area contributed by atoms with Gasteiger partial charge in [-0.3, -0.25) is 5.10 Å². The molecule has 21 heavy (non-hydrogen) atoms. The summed E-state index contributed by atoms with van der Waals surface area (Å²) in [6, 6.07) is 9.19. The SMILES string of the molecule is CCCNC1c2ccccc2CCC1Sc1n[nH]c(C)n1. The summed E-state index contributed by atoms with van der Waals surface area (Å²) < 4.78 is 0. The number of aryl methyl sites for hydroxylation is 2. The molecule has 1 aliphatic rings. The predicted octanol–water partition coefficient (Wildman–Crippen LogP) is 3.26. The van der Waals surface area contributed by atoms with Crippen LogP contribution in [0.3, 0.4) is 0 Å². The molecule has 1 aromatic heterocycles. The maximum Gasteiger partial charge on any atom is 0.208 e. The van der Waals surface area contributed by atoms with E-state index in [-0.39, 0.29) is 0 Å². The Labute approximate surface area is 130 Å². The van der Waals surface area contributed by atoms with E-state index >= 15 is 0 Å². The van der Waals surface area contributed by atoms with E-state index in [0.717, 1.165) is 36.8 Å². The molecule has 1 aromatic carbocycles. The summed E-state index contributed by atoms with van der Waals surface area (Å²) in [5.41, 5.74) is 2.93. The van der Waals surface area contributed by atoms with Crippen LogP contribution in [0.15, 0.2) is 29.4 Å². The van der Waals surface area contributed by atoms with Crippen LogP contribution >= 0.6 is 11.8 Å². The summed E-state index contributed by atoms with van der Waals surface area (Å²) in [7, 11) is 0. The second-order valence-corrected chi connectivity index (χ2v) is 6.74. The Balaban J connectivity index is 1.82. The van der Waals surface area contributed by atoms with Gasteiger partial charge in [0.15, 0.2) is 0 Å². The highest BCUT2D eigenvalue weighted by Crippen LogP contribution is 2.39. The first-order chi connectivity index (χ1) is 10.3. The van der Waals surface area contributed by atoms with Crippen LogP contribution in [-0.4, -0.2) is 27.0 Å². The molecule has 2 unspecified atom stereocenters. The molecular formula is C16H22N4S. The van der Waals surface area contributed by atoms with Crippen LogP contribution < -0.4 is 5.32 Å². The number of hydrogen-bond donors (Lipinski definition) is 2. The molecule has 112 valence electrons. The minimum atomic E-state index is 0.388. The van der Waals surface area contributed by atoms with Crippen molar-refractivity contribution in [3.63, 3.8) is 0 Å². The molecule has 4 nitrogen and oxygen atoms in total. The Morgan fingerprint density at radius 3 is 3.00 bits per heavy atom. The van der Waals surface area contributed by atoms with Crippen molar-refractivity contribution in [1.29, 1.82) is 0 Å². The topological polar surface area (TPSA) is 53.6 Å². The van der Waals surface area contributed by atoms with Crippen molar-refractivity contribution in [3.05, 3.63) is 41.2 Å². The van der Waals surface area contributed by atoms with Crippen LogP contribution in [0.1, 0.15) is 42.8 Å². The highest BCUT2D eigenvalue weighted by molar-refractivity contribution is 7.99. The number of fused-ring (bicyclic) bond motifs is 1. The van der Waals surface area contributed by atoms with Gasteiger partial charge in [0, 0.05) is 11.3 Å². The number of benzene rings is 1. The van der Waals surface area contributed by atoms with Gasteiger partial charge in [0.05, 0.1) is 0 Å². The summed E-state index contributed by atoms with van der Waals surface area (Å²) in [4.78, 5) is 4.44. The van der Waals surface area contributed by atoms with Crippen molar-refractivity contribution in [2.24, 2.45) is 0 Å². The average Bonchev–Trinajstić information content (AvgIpc) is 2.91. The van der Waals surface area contributed by atoms with E-state index in [2.05, 4.69) is 51.7 Å². The molecule has 2 N–H and O–H groups in total. The van der Waals surface area contributed by atoms with Gasteiger partial charge in [-0.15, -0.1) is 5.10 Å². The van der Waals surface area contributed by atoms with E-state index in [4.69, 9.17) is 0 Å². The molecule has 1 aliphatic carbocycles. The number of thioether (sulfide) groups is 1. The van der Waals surface area contributed by atoms with E-state index in [9.17, 15) is 0 Å². The van der Waals surface area contributed by atoms with E-state index < -0.39 is 0 Å². The van der Waals surface area contributed by atoms with E-state index in [1.165, 1.54) is 11.1 Å². The molecule has 0 radical (unpaired) electrons. The molecule has 0 aliphatic heterocycles. The number of aromatic amines is 1. The van der Waals surface area contributed by atoms with Crippen LogP contribution in [0.25, 0.3) is 0 Å². The molecule has 0 fully saturated rings. The first-order valence-corrected chi connectivity index (χ1v) is 8.52. The second kappa shape index (κ2) is 6.62. The fourth-order valence-electron chi connectivity index (χ4n) is 2.91. The summed E-state index contributed by atoms with van der Waals surface area (Å²) in [5, 5.41) is 12.3. The average molecular weight is 302 g/mol. The zero-order valence-corrected chi connectivity index (χ0v) is 13.4. The molecule has 0 saturated heterocycles. The van der Waals surface area contributed by atoms with Gasteiger partial charge >= 0.3 is 0 Å². The highest BCUT2D eigenvalue weighted by atomic mass is 32.2. The molecule has 3 rings (SSSR count). The van der Waals surface area contributed by atoms with Gasteiger partial charge in [-0.05, 0) is 43.9 Å². The molecule has 2 atom stereocenters. The summed E-state index contributed by atoms with van der Waals surface area (Å²) in [5.74, 6) is 0.881. The Kier molecular flexibility index (Phi) is 4.60. The van der Waals surface area contributed by atoms with E-state index in [1.807, 2.05) is 6.92 Å². The van der Waals surface area contributed by atoms with Gasteiger partial charge in [0.25, 0.3) is 0 Å². The number of nitrogens with one attached hydrogen (secondary N) is 2. The fourth-order valence-corrected chi connectivity index (χ4v) is 4.08. The highest BCUT2D eigenvalue weighted by Gasteiger charge is 2.30. The predicted molar refractivity (Wildman–Crippen MR) is 86.6 cm³/mol. The number of aromatic nitrogens is 3. The molecule has 0 amide bonds.